The third-order valence-electron chi connectivity index (χ3n) is 5.92. The molecule has 0 saturated heterocycles. The Labute approximate surface area is 188 Å². The summed E-state index contributed by atoms with van der Waals surface area (Å²) in [5.41, 5.74) is 5.62. The van der Waals surface area contributed by atoms with Gasteiger partial charge >= 0.3 is 0 Å². The second kappa shape index (κ2) is 8.27. The monoisotopic (exact) mass is 435 g/mol. The summed E-state index contributed by atoms with van der Waals surface area (Å²) in [4.78, 5) is 1.97. The lowest BCUT2D eigenvalue weighted by Crippen LogP contribution is -2.36. The number of phenolic OH excluding ortho intramolecular Hbond substituents is 2. The number of hydrogen-bond acceptors (Lipinski definition) is 3. The lowest BCUT2D eigenvalue weighted by molar-refractivity contribution is 0.445. The first-order valence-corrected chi connectivity index (χ1v) is 11.1. The lowest BCUT2D eigenvalue weighted by Gasteiger charge is -2.29. The molecule has 1 heterocycles. The largest absolute Gasteiger partial charge is 0.508 e. The van der Waals surface area contributed by atoms with Crippen LogP contribution < -0.4 is 10.2 Å². The number of allylic oxidation sites excluding steroid dienone is 1. The molecule has 3 aromatic rings. The second-order valence-electron chi connectivity index (χ2n) is 8.22. The predicted octanol–water partition coefficient (Wildman–Crippen LogP) is 5.54. The van der Waals surface area contributed by atoms with Crippen molar-refractivity contribution >= 4 is 39.6 Å². The maximum Gasteiger partial charge on any atom is 0.177 e. The minimum atomic E-state index is 0.0440. The average molecular weight is 436 g/mol. The van der Waals surface area contributed by atoms with Gasteiger partial charge in [-0.1, -0.05) is 13.0 Å². The molecule has 162 valence electrons. The highest BCUT2D eigenvalue weighted by Crippen LogP contribution is 2.47. The molecule has 0 amide bonds. The summed E-state index contributed by atoms with van der Waals surface area (Å²) < 4.78 is 2.12. The quantitative estimate of drug-likeness (QED) is 0.460. The van der Waals surface area contributed by atoms with Crippen LogP contribution >= 0.6 is 12.2 Å². The summed E-state index contributed by atoms with van der Waals surface area (Å²) in [5, 5.41) is 26.0. The number of fused-ring (bicyclic) bond motifs is 1. The number of nitrogens with zero attached hydrogens (tertiary/aromatic N) is 2. The van der Waals surface area contributed by atoms with Crippen molar-refractivity contribution in [3.63, 3.8) is 0 Å². The molecule has 0 aliphatic heterocycles. The van der Waals surface area contributed by atoms with Crippen LogP contribution in [0.3, 0.4) is 0 Å². The molecule has 0 spiro atoms. The molecule has 1 fully saturated rings. The number of hydrogen-bond donors (Lipinski definition) is 3. The first kappa shape index (κ1) is 21.2. The Morgan fingerprint density at radius 2 is 1.97 bits per heavy atom. The van der Waals surface area contributed by atoms with Crippen LogP contribution in [0.25, 0.3) is 16.6 Å². The zero-order valence-electron chi connectivity index (χ0n) is 18.4. The van der Waals surface area contributed by atoms with E-state index in [2.05, 4.69) is 48.1 Å². The first-order chi connectivity index (χ1) is 14.8. The van der Waals surface area contributed by atoms with Crippen LogP contribution in [0.2, 0.25) is 0 Å². The molecule has 3 N–H and O–H groups in total. The number of phenols is 2. The molecule has 4 rings (SSSR count). The third-order valence-corrected chi connectivity index (χ3v) is 6.31. The highest BCUT2D eigenvalue weighted by atomic mass is 32.1. The standard InChI is InChI=1S/C25H29N3O2S/c1-5-6-22(20-12-19(16-7-8-16)23(29)13-24(20)30)28(25(31)26-3)17-9-10-21-18(11-17)15(2)14-27(21)4/h6,9-14,16,29-30H,5,7-8H2,1-4H3,(H,26,31). The van der Waals surface area contributed by atoms with Crippen molar-refractivity contribution in [2.24, 2.45) is 7.05 Å². The Balaban J connectivity index is 1.90. The fraction of sp³-hybridized carbons (Fsp3) is 0.320. The third kappa shape index (κ3) is 3.88. The fourth-order valence-electron chi connectivity index (χ4n) is 4.23. The van der Waals surface area contributed by atoms with E-state index >= 15 is 0 Å². The maximum atomic E-state index is 10.8. The van der Waals surface area contributed by atoms with Gasteiger partial charge in [-0.15, -0.1) is 0 Å². The molecule has 0 atom stereocenters. The number of aromatic hydroxyl groups is 2. The minimum absolute atomic E-state index is 0.0440. The summed E-state index contributed by atoms with van der Waals surface area (Å²) in [6, 6.07) is 9.66. The maximum absolute atomic E-state index is 10.8. The Bertz CT molecular complexity index is 1190. The van der Waals surface area contributed by atoms with Gasteiger partial charge in [-0.3, -0.25) is 4.90 Å². The molecule has 1 saturated carbocycles. The highest BCUT2D eigenvalue weighted by molar-refractivity contribution is 7.80. The van der Waals surface area contributed by atoms with E-state index in [1.165, 1.54) is 11.6 Å². The van der Waals surface area contributed by atoms with Crippen molar-refractivity contribution in [2.45, 2.75) is 39.0 Å². The van der Waals surface area contributed by atoms with E-state index in [9.17, 15) is 10.2 Å². The topological polar surface area (TPSA) is 60.7 Å². The van der Waals surface area contributed by atoms with Crippen LogP contribution in [-0.4, -0.2) is 26.9 Å². The van der Waals surface area contributed by atoms with E-state index in [0.717, 1.165) is 47.1 Å². The Kier molecular flexibility index (Phi) is 5.67. The Morgan fingerprint density at radius 3 is 2.61 bits per heavy atom. The number of nitrogens with one attached hydrogen (secondary N) is 1. The summed E-state index contributed by atoms with van der Waals surface area (Å²) >= 11 is 5.71. The minimum Gasteiger partial charge on any atom is -0.508 e. The number of benzene rings is 2. The molecule has 1 aromatic heterocycles. The van der Waals surface area contributed by atoms with Crippen molar-refractivity contribution in [3.05, 3.63) is 59.3 Å². The van der Waals surface area contributed by atoms with Crippen LogP contribution in [0, 0.1) is 6.92 Å². The Morgan fingerprint density at radius 1 is 1.23 bits per heavy atom. The van der Waals surface area contributed by atoms with E-state index in [1.54, 1.807) is 7.05 Å². The predicted molar refractivity (Wildman–Crippen MR) is 132 cm³/mol. The lowest BCUT2D eigenvalue weighted by atomic mass is 10.0. The molecular formula is C25H29N3O2S. The van der Waals surface area contributed by atoms with Gasteiger partial charge in [-0.05, 0) is 79.7 Å². The summed E-state index contributed by atoms with van der Waals surface area (Å²) in [5.74, 6) is 0.557. The number of aromatic nitrogens is 1. The van der Waals surface area contributed by atoms with Gasteiger partial charge in [0.1, 0.15) is 11.5 Å². The van der Waals surface area contributed by atoms with Gasteiger partial charge in [0, 0.05) is 48.5 Å². The van der Waals surface area contributed by atoms with Crippen LogP contribution in [-0.2, 0) is 7.05 Å². The van der Waals surface area contributed by atoms with Crippen molar-refractivity contribution < 1.29 is 10.2 Å². The molecule has 0 unspecified atom stereocenters. The van der Waals surface area contributed by atoms with Crippen molar-refractivity contribution in [1.29, 1.82) is 0 Å². The molecule has 0 bridgehead atoms. The number of rotatable bonds is 5. The summed E-state index contributed by atoms with van der Waals surface area (Å²) in [7, 11) is 3.85. The van der Waals surface area contributed by atoms with Crippen LogP contribution in [0.1, 0.15) is 48.8 Å². The Hall–Kier alpha value is -2.99. The zero-order chi connectivity index (χ0) is 22.3. The van der Waals surface area contributed by atoms with Gasteiger partial charge in [0.2, 0.25) is 0 Å². The van der Waals surface area contributed by atoms with E-state index in [4.69, 9.17) is 12.2 Å². The summed E-state index contributed by atoms with van der Waals surface area (Å²) in [6.07, 6.45) is 7.07. The number of thiocarbonyl (C=S) groups is 1. The summed E-state index contributed by atoms with van der Waals surface area (Å²) in [6.45, 7) is 4.16. The van der Waals surface area contributed by atoms with Crippen LogP contribution in [0.4, 0.5) is 5.69 Å². The molecule has 2 aromatic carbocycles. The zero-order valence-corrected chi connectivity index (χ0v) is 19.3. The molecule has 31 heavy (non-hydrogen) atoms. The molecule has 0 radical (unpaired) electrons. The first-order valence-electron chi connectivity index (χ1n) is 10.7. The van der Waals surface area contributed by atoms with Crippen molar-refractivity contribution in [1.82, 2.24) is 9.88 Å². The van der Waals surface area contributed by atoms with E-state index in [-0.39, 0.29) is 11.5 Å². The van der Waals surface area contributed by atoms with Gasteiger partial charge in [0.25, 0.3) is 0 Å². The molecule has 5 nitrogen and oxygen atoms in total. The van der Waals surface area contributed by atoms with Gasteiger partial charge < -0.3 is 20.1 Å². The second-order valence-corrected chi connectivity index (χ2v) is 8.60. The van der Waals surface area contributed by atoms with Gasteiger partial charge in [-0.25, -0.2) is 0 Å². The normalized spacial score (nSPS) is 14.1. The van der Waals surface area contributed by atoms with Crippen molar-refractivity contribution in [3.8, 4) is 11.5 Å². The van der Waals surface area contributed by atoms with Gasteiger partial charge in [0.15, 0.2) is 5.11 Å². The number of aryl methyl sites for hydroxylation is 2. The fourth-order valence-corrected chi connectivity index (χ4v) is 4.43. The van der Waals surface area contributed by atoms with Gasteiger partial charge in [-0.2, -0.15) is 0 Å². The van der Waals surface area contributed by atoms with E-state index in [1.807, 2.05) is 24.1 Å². The number of anilines is 1. The molecule has 1 aliphatic rings. The van der Waals surface area contributed by atoms with Crippen LogP contribution in [0.5, 0.6) is 11.5 Å². The van der Waals surface area contributed by atoms with E-state index < -0.39 is 0 Å². The van der Waals surface area contributed by atoms with Crippen LogP contribution in [0.15, 0.2) is 42.6 Å². The van der Waals surface area contributed by atoms with Crippen molar-refractivity contribution in [2.75, 3.05) is 11.9 Å². The van der Waals surface area contributed by atoms with Gasteiger partial charge in [0.05, 0.1) is 5.70 Å². The smallest absolute Gasteiger partial charge is 0.177 e. The molecule has 1 aliphatic carbocycles. The average Bonchev–Trinajstić information content (AvgIpc) is 3.54. The van der Waals surface area contributed by atoms with E-state index in [0.29, 0.717) is 16.6 Å². The molecular weight excluding hydrogens is 406 g/mol. The SMILES string of the molecule is CCC=C(c1cc(C2CC2)c(O)cc1O)N(C(=S)NC)c1ccc2c(c1)c(C)cn2C. The molecule has 6 heteroatoms. The highest BCUT2D eigenvalue weighted by Gasteiger charge is 2.29.